The van der Waals surface area contributed by atoms with Crippen LogP contribution in [0.1, 0.15) is 23.7 Å². The average Bonchev–Trinajstić information content (AvgIpc) is 2.92. The van der Waals surface area contributed by atoms with Gasteiger partial charge in [-0.05, 0) is 25.2 Å². The van der Waals surface area contributed by atoms with Gasteiger partial charge >= 0.3 is 5.97 Å². The molecule has 1 fully saturated rings. The second kappa shape index (κ2) is 6.14. The Morgan fingerprint density at radius 2 is 2.47 bits per heavy atom. The van der Waals surface area contributed by atoms with Crippen LogP contribution in [0.2, 0.25) is 0 Å². The second-order valence-electron chi connectivity index (χ2n) is 4.49. The molecule has 1 atom stereocenters. The number of hydrogen-bond acceptors (Lipinski definition) is 6. The van der Waals surface area contributed by atoms with E-state index in [0.29, 0.717) is 29.7 Å². The van der Waals surface area contributed by atoms with Crippen LogP contribution in [0, 0.1) is 0 Å². The fourth-order valence-electron chi connectivity index (χ4n) is 2.11. The molecule has 1 aliphatic rings. The Bertz CT molecular complexity index is 461. The van der Waals surface area contributed by atoms with E-state index in [2.05, 4.69) is 9.88 Å². The lowest BCUT2D eigenvalue weighted by molar-refractivity contribution is 0.0526. The van der Waals surface area contributed by atoms with Crippen LogP contribution in [0.25, 0.3) is 0 Å². The highest BCUT2D eigenvalue weighted by molar-refractivity contribution is 7.99. The maximum Gasteiger partial charge on any atom is 0.341 e. The number of rotatable bonds is 4. The van der Waals surface area contributed by atoms with Crippen molar-refractivity contribution in [1.82, 2.24) is 4.98 Å². The van der Waals surface area contributed by atoms with Gasteiger partial charge in [0.05, 0.1) is 18.5 Å². The Labute approximate surface area is 117 Å². The van der Waals surface area contributed by atoms with Crippen molar-refractivity contribution >= 4 is 29.2 Å². The van der Waals surface area contributed by atoms with Crippen LogP contribution in [-0.4, -0.2) is 42.2 Å². The lowest BCUT2D eigenvalue weighted by Gasteiger charge is -2.26. The van der Waals surface area contributed by atoms with E-state index in [0.717, 1.165) is 17.9 Å². The zero-order valence-electron chi connectivity index (χ0n) is 11.3. The van der Waals surface area contributed by atoms with Gasteiger partial charge in [0.2, 0.25) is 0 Å². The van der Waals surface area contributed by atoms with Gasteiger partial charge in [-0.15, -0.1) is 0 Å². The number of aromatic nitrogens is 1. The summed E-state index contributed by atoms with van der Waals surface area (Å²) in [6.45, 7) is 2.13. The van der Waals surface area contributed by atoms with E-state index >= 15 is 0 Å². The molecule has 1 unspecified atom stereocenters. The molecule has 0 spiro atoms. The predicted octanol–water partition coefficient (Wildman–Crippen LogP) is 1.78. The first-order valence-electron chi connectivity index (χ1n) is 6.36. The van der Waals surface area contributed by atoms with E-state index in [1.165, 1.54) is 0 Å². The monoisotopic (exact) mass is 281 g/mol. The molecule has 0 bridgehead atoms. The molecule has 2 N–H and O–H groups in total. The maximum absolute atomic E-state index is 12.0. The Balaban J connectivity index is 2.30. The van der Waals surface area contributed by atoms with Crippen molar-refractivity contribution in [3.8, 4) is 0 Å². The zero-order chi connectivity index (χ0) is 13.8. The molecule has 6 heteroatoms. The first kappa shape index (κ1) is 14.0. The fourth-order valence-corrected chi connectivity index (χ4v) is 3.38. The number of nitrogens with two attached hydrogens (primary N) is 1. The summed E-state index contributed by atoms with van der Waals surface area (Å²) in [5, 5.41) is 0. The van der Waals surface area contributed by atoms with Gasteiger partial charge in [-0.25, -0.2) is 9.78 Å². The van der Waals surface area contributed by atoms with Crippen molar-refractivity contribution in [1.29, 1.82) is 0 Å². The number of thioether (sulfide) groups is 1. The topological polar surface area (TPSA) is 68.5 Å². The van der Waals surface area contributed by atoms with Crippen molar-refractivity contribution < 1.29 is 9.53 Å². The maximum atomic E-state index is 12.0. The molecule has 0 radical (unpaired) electrons. The highest BCUT2D eigenvalue weighted by Gasteiger charge is 2.25. The van der Waals surface area contributed by atoms with Crippen LogP contribution in [0.4, 0.5) is 11.5 Å². The fraction of sp³-hybridized carbons (Fsp3) is 0.538. The van der Waals surface area contributed by atoms with Gasteiger partial charge in [-0.2, -0.15) is 11.8 Å². The quantitative estimate of drug-likeness (QED) is 0.849. The molecule has 1 aliphatic heterocycles. The number of esters is 1. The third-order valence-electron chi connectivity index (χ3n) is 3.17. The molecule has 2 rings (SSSR count). The standard InChI is InChI=1S/C13H19N3O2S/c1-3-18-13(17)11-6-9(14)7-15-12(11)16(2)10-4-5-19-8-10/h6-7,10H,3-5,8,14H2,1-2H3. The summed E-state index contributed by atoms with van der Waals surface area (Å²) >= 11 is 1.92. The van der Waals surface area contributed by atoms with Crippen LogP contribution < -0.4 is 10.6 Å². The summed E-state index contributed by atoms with van der Waals surface area (Å²) in [5.41, 5.74) is 6.64. The summed E-state index contributed by atoms with van der Waals surface area (Å²) in [6, 6.07) is 2.05. The van der Waals surface area contributed by atoms with Crippen LogP contribution in [0.3, 0.4) is 0 Å². The number of anilines is 2. The van der Waals surface area contributed by atoms with Crippen LogP contribution in [0.5, 0.6) is 0 Å². The molecular formula is C13H19N3O2S. The summed E-state index contributed by atoms with van der Waals surface area (Å²) in [6.07, 6.45) is 2.69. The first-order valence-corrected chi connectivity index (χ1v) is 7.52. The van der Waals surface area contributed by atoms with Crippen molar-refractivity contribution in [3.05, 3.63) is 17.8 Å². The van der Waals surface area contributed by atoms with Gasteiger partial charge in [0.25, 0.3) is 0 Å². The summed E-state index contributed by atoms with van der Waals surface area (Å²) < 4.78 is 5.07. The lowest BCUT2D eigenvalue weighted by atomic mass is 10.2. The van der Waals surface area contributed by atoms with E-state index in [9.17, 15) is 4.79 Å². The SMILES string of the molecule is CCOC(=O)c1cc(N)cnc1N(C)C1CCSC1. The summed E-state index contributed by atoms with van der Waals surface area (Å²) in [4.78, 5) is 18.4. The predicted molar refractivity (Wildman–Crippen MR) is 78.7 cm³/mol. The third kappa shape index (κ3) is 3.12. The Hall–Kier alpha value is -1.43. The van der Waals surface area contributed by atoms with E-state index in [1.807, 2.05) is 18.8 Å². The summed E-state index contributed by atoms with van der Waals surface area (Å²) in [5.74, 6) is 2.50. The van der Waals surface area contributed by atoms with Gasteiger partial charge in [0.15, 0.2) is 0 Å². The Kier molecular flexibility index (Phi) is 4.52. The Morgan fingerprint density at radius 1 is 1.68 bits per heavy atom. The molecule has 1 saturated heterocycles. The molecule has 0 aromatic carbocycles. The highest BCUT2D eigenvalue weighted by Crippen LogP contribution is 2.28. The molecule has 1 aromatic heterocycles. The highest BCUT2D eigenvalue weighted by atomic mass is 32.2. The van der Waals surface area contributed by atoms with E-state index in [-0.39, 0.29) is 5.97 Å². The van der Waals surface area contributed by atoms with Gasteiger partial charge in [0.1, 0.15) is 11.4 Å². The largest absolute Gasteiger partial charge is 0.462 e. The van der Waals surface area contributed by atoms with Gasteiger partial charge in [0, 0.05) is 18.8 Å². The van der Waals surface area contributed by atoms with Crippen LogP contribution >= 0.6 is 11.8 Å². The van der Waals surface area contributed by atoms with E-state index in [1.54, 1.807) is 19.2 Å². The zero-order valence-corrected chi connectivity index (χ0v) is 12.1. The first-order chi connectivity index (χ1) is 9.13. The van der Waals surface area contributed by atoms with Crippen LogP contribution in [-0.2, 0) is 4.74 Å². The molecule has 0 saturated carbocycles. The second-order valence-corrected chi connectivity index (χ2v) is 5.64. The number of carbonyl (C=O) groups excluding carboxylic acids is 1. The van der Waals surface area contributed by atoms with E-state index < -0.39 is 0 Å². The van der Waals surface area contributed by atoms with Gasteiger partial charge < -0.3 is 15.4 Å². The molecule has 0 amide bonds. The number of carbonyl (C=O) groups is 1. The molecular weight excluding hydrogens is 262 g/mol. The van der Waals surface area contributed by atoms with Gasteiger partial charge in [-0.1, -0.05) is 0 Å². The van der Waals surface area contributed by atoms with Crippen molar-refractivity contribution in [2.24, 2.45) is 0 Å². The number of ether oxygens (including phenoxy) is 1. The number of nitrogen functional groups attached to an aromatic ring is 1. The van der Waals surface area contributed by atoms with Crippen LogP contribution in [0.15, 0.2) is 12.3 Å². The molecule has 0 aliphatic carbocycles. The number of nitrogens with zero attached hydrogens (tertiary/aromatic N) is 2. The molecule has 104 valence electrons. The molecule has 2 heterocycles. The smallest absolute Gasteiger partial charge is 0.341 e. The normalized spacial score (nSPS) is 18.3. The minimum absolute atomic E-state index is 0.343. The van der Waals surface area contributed by atoms with Crippen molar-refractivity contribution in [2.75, 3.05) is 35.8 Å². The minimum atomic E-state index is -0.366. The summed E-state index contributed by atoms with van der Waals surface area (Å²) in [7, 11) is 1.97. The van der Waals surface area contributed by atoms with E-state index in [4.69, 9.17) is 10.5 Å². The third-order valence-corrected chi connectivity index (χ3v) is 4.32. The van der Waals surface area contributed by atoms with Crippen molar-refractivity contribution in [2.45, 2.75) is 19.4 Å². The average molecular weight is 281 g/mol. The van der Waals surface area contributed by atoms with Gasteiger partial charge in [-0.3, -0.25) is 0 Å². The minimum Gasteiger partial charge on any atom is -0.462 e. The molecule has 19 heavy (non-hydrogen) atoms. The van der Waals surface area contributed by atoms with Crippen molar-refractivity contribution in [3.63, 3.8) is 0 Å². The molecule has 5 nitrogen and oxygen atoms in total. The lowest BCUT2D eigenvalue weighted by Crippen LogP contribution is -2.33. The number of hydrogen-bond donors (Lipinski definition) is 1. The Morgan fingerprint density at radius 3 is 3.11 bits per heavy atom. The molecule has 1 aromatic rings. The number of pyridine rings is 1.